The fraction of sp³-hybridized carbons (Fsp3) is 0.184. The van der Waals surface area contributed by atoms with Crippen molar-refractivity contribution >= 4 is 27.8 Å². The van der Waals surface area contributed by atoms with Crippen molar-refractivity contribution in [2.75, 3.05) is 11.5 Å². The summed E-state index contributed by atoms with van der Waals surface area (Å²) in [6.45, 7) is 6.34. The van der Waals surface area contributed by atoms with Crippen molar-refractivity contribution in [3.8, 4) is 0 Å². The third kappa shape index (κ3) is 7.70. The maximum absolute atomic E-state index is 7.17. The molecule has 8 aromatic rings. The Morgan fingerprint density at radius 2 is 1.09 bits per heavy atom. The molecule has 56 heavy (non-hydrogen) atoms. The molecular weight excluding hydrogens is 693 g/mol. The van der Waals surface area contributed by atoms with E-state index in [0.29, 0.717) is 26.4 Å². The summed E-state index contributed by atoms with van der Waals surface area (Å²) < 4.78 is 22.1. The normalized spacial score (nSPS) is 12.2. The number of imidazole rings is 1. The average Bonchev–Trinajstić information content (AvgIpc) is 3.63. The molecule has 6 aromatic carbocycles. The first kappa shape index (κ1) is 36.8. The number of nitrogens with zero attached hydrogens (tertiary/aromatic N) is 4. The Kier molecular flexibility index (Phi) is 11.3. The molecule has 0 fully saturated rings. The highest BCUT2D eigenvalue weighted by Gasteiger charge is 2.39. The number of aromatic nitrogens is 3. The van der Waals surface area contributed by atoms with Crippen LogP contribution in [0.15, 0.2) is 176 Å². The van der Waals surface area contributed by atoms with Gasteiger partial charge in [0.15, 0.2) is 12.1 Å². The summed E-state index contributed by atoms with van der Waals surface area (Å²) >= 11 is 0. The van der Waals surface area contributed by atoms with Crippen molar-refractivity contribution in [3.05, 3.63) is 210 Å². The molecule has 0 saturated heterocycles. The van der Waals surface area contributed by atoms with Gasteiger partial charge in [-0.3, -0.25) is 0 Å². The van der Waals surface area contributed by atoms with Gasteiger partial charge in [0.05, 0.1) is 11.0 Å². The van der Waals surface area contributed by atoms with Crippen molar-refractivity contribution in [2.24, 2.45) is 0 Å². The van der Waals surface area contributed by atoms with Crippen LogP contribution in [0.2, 0.25) is 0 Å². The molecule has 0 aliphatic rings. The van der Waals surface area contributed by atoms with E-state index in [1.54, 1.807) is 0 Å². The lowest BCUT2D eigenvalue weighted by Gasteiger charge is -2.38. The number of benzene rings is 6. The van der Waals surface area contributed by atoms with Gasteiger partial charge >= 0.3 is 0 Å². The number of pyridine rings is 1. The Labute approximate surface area is 328 Å². The second kappa shape index (κ2) is 17.1. The molecule has 1 atom stereocenters. The maximum Gasteiger partial charge on any atom is 0.158 e. The molecule has 7 nitrogen and oxygen atoms in total. The molecule has 280 valence electrons. The Morgan fingerprint density at radius 1 is 0.607 bits per heavy atom. The number of ether oxygens (including phenoxy) is 3. The minimum absolute atomic E-state index is 0.183. The lowest BCUT2D eigenvalue weighted by Crippen LogP contribution is -2.37. The predicted octanol–water partition coefficient (Wildman–Crippen LogP) is 10.7. The lowest BCUT2D eigenvalue weighted by atomic mass is 9.80. The van der Waals surface area contributed by atoms with E-state index >= 15 is 0 Å². The van der Waals surface area contributed by atoms with E-state index < -0.39 is 11.9 Å². The first-order valence-corrected chi connectivity index (χ1v) is 19.3. The molecule has 0 bridgehead atoms. The van der Waals surface area contributed by atoms with E-state index in [9.17, 15) is 0 Å². The number of rotatable bonds is 16. The van der Waals surface area contributed by atoms with Gasteiger partial charge in [-0.2, -0.15) is 0 Å². The molecule has 0 aliphatic heterocycles. The largest absolute Gasteiger partial charge is 0.361 e. The van der Waals surface area contributed by atoms with Crippen molar-refractivity contribution in [1.82, 2.24) is 14.5 Å². The zero-order valence-corrected chi connectivity index (χ0v) is 31.9. The predicted molar refractivity (Wildman–Crippen MR) is 224 cm³/mol. The second-order valence-corrected chi connectivity index (χ2v) is 13.8. The molecule has 0 spiro atoms. The molecule has 0 radical (unpaired) electrons. The number of para-hydroxylation sites is 1. The molecule has 2 aromatic heterocycles. The van der Waals surface area contributed by atoms with Crippen LogP contribution in [0.1, 0.15) is 47.5 Å². The zero-order chi connectivity index (χ0) is 38.2. The highest BCUT2D eigenvalue weighted by atomic mass is 16.7. The lowest BCUT2D eigenvalue weighted by molar-refractivity contribution is -0.186. The minimum Gasteiger partial charge on any atom is -0.361 e. The van der Waals surface area contributed by atoms with Gasteiger partial charge in [0.25, 0.3) is 0 Å². The summed E-state index contributed by atoms with van der Waals surface area (Å²) in [7, 11) is 0. The van der Waals surface area contributed by atoms with E-state index in [-0.39, 0.29) is 6.61 Å². The summed E-state index contributed by atoms with van der Waals surface area (Å²) in [5.74, 6) is 1.54. The minimum atomic E-state index is -0.933. The van der Waals surface area contributed by atoms with Crippen LogP contribution in [-0.2, 0) is 46.2 Å². The van der Waals surface area contributed by atoms with Gasteiger partial charge in [-0.1, -0.05) is 170 Å². The zero-order valence-electron chi connectivity index (χ0n) is 31.9. The van der Waals surface area contributed by atoms with Crippen LogP contribution < -0.4 is 4.90 Å². The van der Waals surface area contributed by atoms with Crippen molar-refractivity contribution in [3.63, 3.8) is 0 Å². The highest BCUT2D eigenvalue weighted by molar-refractivity contribution is 6.07. The summed E-state index contributed by atoms with van der Waals surface area (Å²) in [5.41, 5.74) is 7.13. The summed E-state index contributed by atoms with van der Waals surface area (Å²) in [6, 6.07) is 60.4. The molecule has 0 N–H and O–H groups in total. The fourth-order valence-corrected chi connectivity index (χ4v) is 7.53. The quantitative estimate of drug-likeness (QED) is 0.0727. The van der Waals surface area contributed by atoms with Gasteiger partial charge in [0.1, 0.15) is 30.3 Å². The van der Waals surface area contributed by atoms with Crippen LogP contribution in [0, 0.1) is 0 Å². The number of fused-ring (bicyclic) bond motifs is 3. The molecule has 8 rings (SSSR count). The van der Waals surface area contributed by atoms with Crippen molar-refractivity contribution < 1.29 is 14.2 Å². The van der Waals surface area contributed by atoms with Crippen LogP contribution in [0.3, 0.4) is 0 Å². The van der Waals surface area contributed by atoms with Gasteiger partial charge < -0.3 is 23.7 Å². The Balaban J connectivity index is 1.21. The maximum atomic E-state index is 7.17. The highest BCUT2D eigenvalue weighted by Crippen LogP contribution is 2.42. The molecule has 7 heteroatoms. The molecular formula is C49H46N4O3. The average molecular weight is 739 g/mol. The Morgan fingerprint density at radius 3 is 1.61 bits per heavy atom. The van der Waals surface area contributed by atoms with E-state index in [1.165, 1.54) is 11.1 Å². The summed E-state index contributed by atoms with van der Waals surface area (Å²) in [5, 5.41) is 1.00. The SMILES string of the molecule is CCOCn1c(COC(C)OC(c2ccccc2)(c2ccccc2)c2ccccc2)nc2c(N(Cc3ccccc3)Cc3ccccc3)nc3ccccc3c21. The topological polar surface area (TPSA) is 61.6 Å². The van der Waals surface area contributed by atoms with Crippen LogP contribution >= 0.6 is 0 Å². The van der Waals surface area contributed by atoms with Crippen LogP contribution in [-0.4, -0.2) is 27.4 Å². The monoisotopic (exact) mass is 738 g/mol. The first-order chi connectivity index (χ1) is 27.6. The third-order valence-electron chi connectivity index (χ3n) is 10.1. The van der Waals surface area contributed by atoms with Crippen LogP contribution in [0.4, 0.5) is 5.82 Å². The van der Waals surface area contributed by atoms with E-state index in [0.717, 1.165) is 50.3 Å². The molecule has 1 unspecified atom stereocenters. The van der Waals surface area contributed by atoms with Crippen LogP contribution in [0.5, 0.6) is 0 Å². The van der Waals surface area contributed by atoms with Gasteiger partial charge in [-0.15, -0.1) is 0 Å². The van der Waals surface area contributed by atoms with Crippen molar-refractivity contribution in [2.45, 2.75) is 52.2 Å². The summed E-state index contributed by atoms with van der Waals surface area (Å²) in [6.07, 6.45) is -0.641. The Bertz CT molecular complexity index is 2320. The van der Waals surface area contributed by atoms with Gasteiger partial charge in [0.2, 0.25) is 0 Å². The Hall–Kier alpha value is -6.12. The third-order valence-corrected chi connectivity index (χ3v) is 10.1. The number of hydrogen-bond donors (Lipinski definition) is 0. The van der Waals surface area contributed by atoms with Gasteiger partial charge in [-0.05, 0) is 47.7 Å². The summed E-state index contributed by atoms with van der Waals surface area (Å²) in [4.78, 5) is 13.0. The molecule has 0 amide bonds. The number of hydrogen-bond acceptors (Lipinski definition) is 6. The molecule has 2 heterocycles. The van der Waals surface area contributed by atoms with E-state index in [1.807, 2.05) is 50.2 Å². The molecule has 0 aliphatic carbocycles. The second-order valence-electron chi connectivity index (χ2n) is 13.8. The van der Waals surface area contributed by atoms with E-state index in [2.05, 4.69) is 149 Å². The first-order valence-electron chi connectivity index (χ1n) is 19.3. The van der Waals surface area contributed by atoms with Gasteiger partial charge in [0, 0.05) is 25.1 Å². The molecule has 0 saturated carbocycles. The smallest absolute Gasteiger partial charge is 0.158 e. The van der Waals surface area contributed by atoms with Crippen LogP contribution in [0.25, 0.3) is 21.9 Å². The standard InChI is InChI=1S/C49H46N4O3/c1-3-54-36-53-45(35-55-37(2)56-49(40-25-13-6-14-26-40,41-27-15-7-16-28-41)42-29-17-8-18-30-42)51-46-47(53)43-31-19-20-32-44(43)50-48(46)52(33-38-21-9-4-10-22-38)34-39-23-11-5-12-24-39/h4-32,37H,3,33-36H2,1-2H3. The van der Waals surface area contributed by atoms with Crippen molar-refractivity contribution in [1.29, 1.82) is 0 Å². The van der Waals surface area contributed by atoms with Gasteiger partial charge in [-0.25, -0.2) is 9.97 Å². The van der Waals surface area contributed by atoms with E-state index in [4.69, 9.17) is 24.2 Å². The number of anilines is 1. The fourth-order valence-electron chi connectivity index (χ4n) is 7.53.